The topological polar surface area (TPSA) is 93.7 Å². The lowest BCUT2D eigenvalue weighted by molar-refractivity contribution is -0.154. The molecule has 0 fully saturated rings. The number of anilines is 1. The van der Waals surface area contributed by atoms with Crippen LogP contribution in [0.2, 0.25) is 0 Å². The fourth-order valence-corrected chi connectivity index (χ4v) is 2.67. The average molecular weight is 427 g/mol. The van der Waals surface area contributed by atoms with Crippen molar-refractivity contribution in [1.29, 1.82) is 0 Å². The molecule has 166 valence electrons. The predicted molar refractivity (Wildman–Crippen MR) is 119 cm³/mol. The van der Waals surface area contributed by atoms with Crippen molar-refractivity contribution in [1.82, 2.24) is 5.32 Å². The molecular weight excluding hydrogens is 396 g/mol. The third-order valence-corrected chi connectivity index (χ3v) is 4.13. The Hall–Kier alpha value is -3.35. The van der Waals surface area contributed by atoms with Crippen LogP contribution < -0.4 is 10.6 Å². The van der Waals surface area contributed by atoms with E-state index < -0.39 is 29.7 Å². The van der Waals surface area contributed by atoms with E-state index in [0.717, 1.165) is 5.56 Å². The first kappa shape index (κ1) is 23.9. The van der Waals surface area contributed by atoms with Crippen LogP contribution in [-0.4, -0.2) is 30.1 Å². The van der Waals surface area contributed by atoms with Crippen molar-refractivity contribution in [2.45, 2.75) is 52.2 Å². The van der Waals surface area contributed by atoms with E-state index in [1.165, 1.54) is 0 Å². The summed E-state index contributed by atoms with van der Waals surface area (Å²) in [6.07, 6.45) is -1.20. The minimum Gasteiger partial charge on any atom is -0.447 e. The van der Waals surface area contributed by atoms with E-state index in [2.05, 4.69) is 10.6 Å². The van der Waals surface area contributed by atoms with Crippen molar-refractivity contribution >= 4 is 23.7 Å². The van der Waals surface area contributed by atoms with E-state index in [0.29, 0.717) is 17.7 Å². The normalized spacial score (nSPS) is 11.9. The molecule has 0 unspecified atom stereocenters. The lowest BCUT2D eigenvalue weighted by Crippen LogP contribution is -2.33. The Morgan fingerprint density at radius 3 is 2.23 bits per heavy atom. The average Bonchev–Trinajstić information content (AvgIpc) is 2.70. The van der Waals surface area contributed by atoms with Gasteiger partial charge in [-0.1, -0.05) is 48.0 Å². The standard InChI is InChI=1S/C24H30N2O5/c1-17-12-14-19(15-13-17)26-22(28)21(18-9-6-5-7-10-18)30-20(27)11-8-16-25-23(29)31-24(2,3)4/h5-7,9-10,12-15,21H,8,11,16H2,1-4H3,(H,25,29)(H,26,28)/t21-/m0/s1. The molecule has 0 bridgehead atoms. The number of hydrogen-bond donors (Lipinski definition) is 2. The second-order valence-corrected chi connectivity index (χ2v) is 8.17. The van der Waals surface area contributed by atoms with Crippen LogP contribution in [0.15, 0.2) is 54.6 Å². The number of alkyl carbamates (subject to hydrolysis) is 1. The number of amides is 2. The van der Waals surface area contributed by atoms with Gasteiger partial charge in [0.1, 0.15) is 5.60 Å². The SMILES string of the molecule is Cc1ccc(NC(=O)[C@@H](OC(=O)CCCNC(=O)OC(C)(C)C)c2ccccc2)cc1. The van der Waals surface area contributed by atoms with Gasteiger partial charge in [-0.25, -0.2) is 4.79 Å². The molecule has 0 saturated heterocycles. The second-order valence-electron chi connectivity index (χ2n) is 8.17. The van der Waals surface area contributed by atoms with Crippen LogP contribution in [0.1, 0.15) is 50.8 Å². The van der Waals surface area contributed by atoms with Gasteiger partial charge in [-0.2, -0.15) is 0 Å². The smallest absolute Gasteiger partial charge is 0.407 e. The monoisotopic (exact) mass is 426 g/mol. The predicted octanol–water partition coefficient (Wildman–Crippen LogP) is 4.52. The maximum Gasteiger partial charge on any atom is 0.407 e. The van der Waals surface area contributed by atoms with Gasteiger partial charge in [-0.3, -0.25) is 9.59 Å². The minimum atomic E-state index is -1.08. The second kappa shape index (κ2) is 11.2. The number of nitrogens with one attached hydrogen (secondary N) is 2. The van der Waals surface area contributed by atoms with E-state index in [4.69, 9.17) is 9.47 Å². The van der Waals surface area contributed by atoms with Crippen LogP contribution in [-0.2, 0) is 19.1 Å². The third kappa shape index (κ3) is 8.90. The number of ether oxygens (including phenoxy) is 2. The van der Waals surface area contributed by atoms with Gasteiger partial charge in [0, 0.05) is 24.2 Å². The largest absolute Gasteiger partial charge is 0.447 e. The first-order valence-electron chi connectivity index (χ1n) is 10.2. The highest BCUT2D eigenvalue weighted by Gasteiger charge is 2.25. The quantitative estimate of drug-likeness (QED) is 0.478. The molecule has 0 heterocycles. The number of esters is 1. The molecule has 2 amide bonds. The molecule has 0 spiro atoms. The zero-order valence-electron chi connectivity index (χ0n) is 18.4. The summed E-state index contributed by atoms with van der Waals surface area (Å²) in [7, 11) is 0. The van der Waals surface area contributed by atoms with E-state index in [1.54, 1.807) is 57.2 Å². The summed E-state index contributed by atoms with van der Waals surface area (Å²) >= 11 is 0. The lowest BCUT2D eigenvalue weighted by atomic mass is 10.1. The Morgan fingerprint density at radius 2 is 1.61 bits per heavy atom. The van der Waals surface area contributed by atoms with Crippen molar-refractivity contribution in [3.63, 3.8) is 0 Å². The zero-order valence-corrected chi connectivity index (χ0v) is 18.4. The Labute approximate surface area is 183 Å². The summed E-state index contributed by atoms with van der Waals surface area (Å²) in [5.41, 5.74) is 1.68. The highest BCUT2D eigenvalue weighted by atomic mass is 16.6. The number of hydrogen-bond acceptors (Lipinski definition) is 5. The molecule has 2 aromatic carbocycles. The number of carbonyl (C=O) groups is 3. The number of aryl methyl sites for hydroxylation is 1. The summed E-state index contributed by atoms with van der Waals surface area (Å²) in [5.74, 6) is -0.964. The molecule has 0 radical (unpaired) electrons. The van der Waals surface area contributed by atoms with Crippen molar-refractivity contribution in [3.8, 4) is 0 Å². The van der Waals surface area contributed by atoms with Crippen molar-refractivity contribution in [3.05, 3.63) is 65.7 Å². The molecule has 2 rings (SSSR count). The highest BCUT2D eigenvalue weighted by Crippen LogP contribution is 2.21. The molecule has 2 aromatic rings. The Kier molecular flexibility index (Phi) is 8.61. The van der Waals surface area contributed by atoms with Crippen LogP contribution in [0.5, 0.6) is 0 Å². The van der Waals surface area contributed by atoms with Crippen LogP contribution in [0, 0.1) is 6.92 Å². The van der Waals surface area contributed by atoms with Gasteiger partial charge in [0.05, 0.1) is 0 Å². The fourth-order valence-electron chi connectivity index (χ4n) is 2.67. The van der Waals surface area contributed by atoms with E-state index in [1.807, 2.05) is 25.1 Å². The van der Waals surface area contributed by atoms with E-state index in [9.17, 15) is 14.4 Å². The van der Waals surface area contributed by atoms with Crippen LogP contribution >= 0.6 is 0 Å². The summed E-state index contributed by atoms with van der Waals surface area (Å²) in [6, 6.07) is 16.2. The highest BCUT2D eigenvalue weighted by molar-refractivity contribution is 5.96. The molecule has 2 N–H and O–H groups in total. The first-order chi connectivity index (χ1) is 14.6. The molecule has 0 aliphatic heterocycles. The summed E-state index contributed by atoms with van der Waals surface area (Å²) in [5, 5.41) is 5.38. The summed E-state index contributed by atoms with van der Waals surface area (Å²) in [4.78, 5) is 36.8. The van der Waals surface area contributed by atoms with Crippen LogP contribution in [0.3, 0.4) is 0 Å². The van der Waals surface area contributed by atoms with Crippen molar-refractivity contribution in [2.75, 3.05) is 11.9 Å². The van der Waals surface area contributed by atoms with Gasteiger partial charge < -0.3 is 20.1 Å². The summed E-state index contributed by atoms with van der Waals surface area (Å²) < 4.78 is 10.6. The van der Waals surface area contributed by atoms with Crippen LogP contribution in [0.4, 0.5) is 10.5 Å². The fraction of sp³-hybridized carbons (Fsp3) is 0.375. The van der Waals surface area contributed by atoms with Gasteiger partial charge in [0.15, 0.2) is 0 Å². The van der Waals surface area contributed by atoms with Gasteiger partial charge in [-0.15, -0.1) is 0 Å². The zero-order chi connectivity index (χ0) is 22.9. The Bertz CT molecular complexity index is 873. The molecule has 7 nitrogen and oxygen atoms in total. The minimum absolute atomic E-state index is 0.0525. The molecule has 0 aliphatic carbocycles. The van der Waals surface area contributed by atoms with Crippen LogP contribution in [0.25, 0.3) is 0 Å². The van der Waals surface area contributed by atoms with Gasteiger partial charge in [-0.05, 0) is 46.2 Å². The molecule has 31 heavy (non-hydrogen) atoms. The van der Waals surface area contributed by atoms with Gasteiger partial charge >= 0.3 is 12.1 Å². The first-order valence-corrected chi connectivity index (χ1v) is 10.2. The maximum absolute atomic E-state index is 12.8. The van der Waals surface area contributed by atoms with Gasteiger partial charge in [0.25, 0.3) is 5.91 Å². The number of rotatable bonds is 8. The molecule has 0 aromatic heterocycles. The maximum atomic E-state index is 12.8. The van der Waals surface area contributed by atoms with Gasteiger partial charge in [0.2, 0.25) is 6.10 Å². The van der Waals surface area contributed by atoms with E-state index in [-0.39, 0.29) is 13.0 Å². The van der Waals surface area contributed by atoms with Crippen molar-refractivity contribution < 1.29 is 23.9 Å². The molecule has 1 atom stereocenters. The number of benzene rings is 2. The van der Waals surface area contributed by atoms with Crippen molar-refractivity contribution in [2.24, 2.45) is 0 Å². The summed E-state index contributed by atoms with van der Waals surface area (Å²) in [6.45, 7) is 7.54. The molecule has 7 heteroatoms. The molecular formula is C24H30N2O5. The lowest BCUT2D eigenvalue weighted by Gasteiger charge is -2.20. The Balaban J connectivity index is 1.92. The molecule has 0 saturated carbocycles. The number of carbonyl (C=O) groups excluding carboxylic acids is 3. The Morgan fingerprint density at radius 1 is 0.968 bits per heavy atom. The van der Waals surface area contributed by atoms with E-state index >= 15 is 0 Å². The third-order valence-electron chi connectivity index (χ3n) is 4.13. The molecule has 0 aliphatic rings.